The fourth-order valence-electron chi connectivity index (χ4n) is 3.73. The van der Waals surface area contributed by atoms with Gasteiger partial charge in [-0.3, -0.25) is 9.10 Å². The molecule has 0 aliphatic heterocycles. The predicted octanol–water partition coefficient (Wildman–Crippen LogP) is 3.85. The van der Waals surface area contributed by atoms with Gasteiger partial charge in [0.1, 0.15) is 6.04 Å². The topological polar surface area (TPSA) is 66.5 Å². The molecular weight excluding hydrogens is 360 g/mol. The lowest BCUT2D eigenvalue weighted by molar-refractivity contribution is -0.122. The van der Waals surface area contributed by atoms with Crippen LogP contribution in [0.5, 0.6) is 0 Å². The molecule has 0 heterocycles. The predicted molar refractivity (Wildman–Crippen MR) is 111 cm³/mol. The van der Waals surface area contributed by atoms with Gasteiger partial charge in [0.05, 0.1) is 11.9 Å². The van der Waals surface area contributed by atoms with Gasteiger partial charge < -0.3 is 5.32 Å². The van der Waals surface area contributed by atoms with Crippen LogP contribution in [0.15, 0.2) is 29.8 Å². The van der Waals surface area contributed by atoms with Crippen LogP contribution in [0.1, 0.15) is 56.6 Å². The molecule has 5 nitrogen and oxygen atoms in total. The van der Waals surface area contributed by atoms with E-state index >= 15 is 0 Å². The Hall–Kier alpha value is -1.82. The van der Waals surface area contributed by atoms with Crippen LogP contribution in [0.25, 0.3) is 0 Å². The molecule has 1 atom stereocenters. The second-order valence-electron chi connectivity index (χ2n) is 7.48. The quantitative estimate of drug-likeness (QED) is 0.683. The zero-order valence-electron chi connectivity index (χ0n) is 16.9. The first kappa shape index (κ1) is 21.5. The number of nitrogens with one attached hydrogen (secondary N) is 1. The third kappa shape index (κ3) is 6.09. The van der Waals surface area contributed by atoms with Crippen LogP contribution in [0.2, 0.25) is 0 Å². The summed E-state index contributed by atoms with van der Waals surface area (Å²) in [5.74, 6) is -0.238. The largest absolute Gasteiger partial charge is 0.354 e. The second-order valence-corrected chi connectivity index (χ2v) is 9.34. The number of aryl methyl sites for hydroxylation is 2. The molecule has 0 fully saturated rings. The third-order valence-electron chi connectivity index (χ3n) is 4.92. The van der Waals surface area contributed by atoms with Crippen LogP contribution < -0.4 is 9.62 Å². The summed E-state index contributed by atoms with van der Waals surface area (Å²) in [7, 11) is -3.59. The minimum atomic E-state index is -3.59. The minimum Gasteiger partial charge on any atom is -0.354 e. The number of amides is 1. The van der Waals surface area contributed by atoms with E-state index in [9.17, 15) is 13.2 Å². The first-order chi connectivity index (χ1) is 12.7. The molecular formula is C21H32N2O3S. The van der Waals surface area contributed by atoms with E-state index in [4.69, 9.17) is 0 Å². The molecule has 1 N–H and O–H groups in total. The van der Waals surface area contributed by atoms with E-state index in [0.717, 1.165) is 36.6 Å². The molecule has 0 radical (unpaired) electrons. The van der Waals surface area contributed by atoms with Gasteiger partial charge >= 0.3 is 0 Å². The van der Waals surface area contributed by atoms with Crippen molar-refractivity contribution in [3.05, 3.63) is 41.0 Å². The molecule has 150 valence electrons. The average molecular weight is 393 g/mol. The summed E-state index contributed by atoms with van der Waals surface area (Å²) in [5.41, 5.74) is 3.88. The molecule has 27 heavy (non-hydrogen) atoms. The van der Waals surface area contributed by atoms with Crippen LogP contribution in [0, 0.1) is 13.8 Å². The summed E-state index contributed by atoms with van der Waals surface area (Å²) in [6.07, 6.45) is 9.36. The summed E-state index contributed by atoms with van der Waals surface area (Å²) in [4.78, 5) is 12.8. The number of hydrogen-bond donors (Lipinski definition) is 1. The molecule has 1 aliphatic carbocycles. The van der Waals surface area contributed by atoms with E-state index in [-0.39, 0.29) is 5.91 Å². The van der Waals surface area contributed by atoms with Gasteiger partial charge in [-0.1, -0.05) is 24.6 Å². The summed E-state index contributed by atoms with van der Waals surface area (Å²) < 4.78 is 26.3. The number of carbonyl (C=O) groups excluding carboxylic acids is 1. The SMILES string of the molecule is CCC(C(=O)NCCC1=CCCCC1)N(c1cc(C)cc(C)c1)S(C)(=O)=O. The molecule has 2 rings (SSSR count). The number of hydrogen-bond acceptors (Lipinski definition) is 3. The van der Waals surface area contributed by atoms with Gasteiger partial charge in [-0.05, 0) is 75.6 Å². The van der Waals surface area contributed by atoms with Crippen molar-refractivity contribution < 1.29 is 13.2 Å². The van der Waals surface area contributed by atoms with Crippen molar-refractivity contribution >= 4 is 21.6 Å². The van der Waals surface area contributed by atoms with E-state index in [1.165, 1.54) is 22.7 Å². The van der Waals surface area contributed by atoms with E-state index in [1.54, 1.807) is 0 Å². The Balaban J connectivity index is 2.16. The third-order valence-corrected chi connectivity index (χ3v) is 6.10. The molecule has 0 saturated heterocycles. The number of sulfonamides is 1. The fraction of sp³-hybridized carbons (Fsp3) is 0.571. The Morgan fingerprint density at radius 1 is 1.19 bits per heavy atom. The molecule has 0 bridgehead atoms. The smallest absolute Gasteiger partial charge is 0.243 e. The zero-order valence-corrected chi connectivity index (χ0v) is 17.7. The maximum Gasteiger partial charge on any atom is 0.243 e. The van der Waals surface area contributed by atoms with Gasteiger partial charge in [-0.2, -0.15) is 0 Å². The number of carbonyl (C=O) groups is 1. The number of anilines is 1. The van der Waals surface area contributed by atoms with Crippen LogP contribution >= 0.6 is 0 Å². The summed E-state index contributed by atoms with van der Waals surface area (Å²) in [5, 5.41) is 2.95. The number of allylic oxidation sites excluding steroid dienone is 1. The Morgan fingerprint density at radius 3 is 2.37 bits per heavy atom. The van der Waals surface area contributed by atoms with Crippen molar-refractivity contribution in [2.24, 2.45) is 0 Å². The highest BCUT2D eigenvalue weighted by molar-refractivity contribution is 7.92. The first-order valence-electron chi connectivity index (χ1n) is 9.75. The van der Waals surface area contributed by atoms with Crippen molar-refractivity contribution in [3.63, 3.8) is 0 Å². The van der Waals surface area contributed by atoms with Gasteiger partial charge in [0.2, 0.25) is 15.9 Å². The summed E-state index contributed by atoms with van der Waals surface area (Å²) in [6, 6.07) is 4.87. The van der Waals surface area contributed by atoms with Crippen molar-refractivity contribution in [2.45, 2.75) is 65.3 Å². The zero-order chi connectivity index (χ0) is 20.0. The summed E-state index contributed by atoms with van der Waals surface area (Å²) >= 11 is 0. The van der Waals surface area contributed by atoms with E-state index < -0.39 is 16.1 Å². The fourth-order valence-corrected chi connectivity index (χ4v) is 4.93. The maximum absolute atomic E-state index is 12.8. The first-order valence-corrected chi connectivity index (χ1v) is 11.6. The highest BCUT2D eigenvalue weighted by atomic mass is 32.2. The van der Waals surface area contributed by atoms with Crippen LogP contribution in [0.4, 0.5) is 5.69 Å². The van der Waals surface area contributed by atoms with E-state index in [0.29, 0.717) is 18.7 Å². The lowest BCUT2D eigenvalue weighted by Gasteiger charge is -2.30. The van der Waals surface area contributed by atoms with Crippen LogP contribution in [-0.4, -0.2) is 33.2 Å². The number of nitrogens with zero attached hydrogens (tertiary/aromatic N) is 1. The van der Waals surface area contributed by atoms with Gasteiger partial charge in [-0.25, -0.2) is 8.42 Å². The Bertz CT molecular complexity index is 779. The normalized spacial score (nSPS) is 15.8. The lowest BCUT2D eigenvalue weighted by atomic mass is 9.97. The van der Waals surface area contributed by atoms with Crippen LogP contribution in [0.3, 0.4) is 0 Å². The molecule has 6 heteroatoms. The number of rotatable bonds is 8. The Labute approximate surface area is 163 Å². The molecule has 1 unspecified atom stereocenters. The van der Waals surface area contributed by atoms with Crippen molar-refractivity contribution in [1.82, 2.24) is 5.32 Å². The van der Waals surface area contributed by atoms with Crippen molar-refractivity contribution in [3.8, 4) is 0 Å². The Kier molecular flexibility index (Phi) is 7.48. The standard InChI is InChI=1S/C21H32N2O3S/c1-5-20(21(24)22-12-11-18-9-7-6-8-10-18)23(27(4,25)26)19-14-16(2)13-17(3)15-19/h9,13-15,20H,5-8,10-12H2,1-4H3,(H,22,24). The van der Waals surface area contributed by atoms with Gasteiger partial charge in [0, 0.05) is 6.54 Å². The molecule has 0 spiro atoms. The van der Waals surface area contributed by atoms with Gasteiger partial charge in [0.25, 0.3) is 0 Å². The maximum atomic E-state index is 12.8. The number of benzene rings is 1. The van der Waals surface area contributed by atoms with Gasteiger partial charge in [0.15, 0.2) is 0 Å². The monoisotopic (exact) mass is 392 g/mol. The molecule has 1 aliphatic rings. The minimum absolute atomic E-state index is 0.238. The van der Waals surface area contributed by atoms with E-state index in [2.05, 4.69) is 11.4 Å². The van der Waals surface area contributed by atoms with Crippen LogP contribution in [-0.2, 0) is 14.8 Å². The molecule has 0 saturated carbocycles. The molecule has 1 aromatic carbocycles. The highest BCUT2D eigenvalue weighted by Crippen LogP contribution is 2.25. The van der Waals surface area contributed by atoms with Crippen molar-refractivity contribution in [1.29, 1.82) is 0 Å². The lowest BCUT2D eigenvalue weighted by Crippen LogP contribution is -2.49. The van der Waals surface area contributed by atoms with Crippen molar-refractivity contribution in [2.75, 3.05) is 17.1 Å². The summed E-state index contributed by atoms with van der Waals surface area (Å²) in [6.45, 7) is 6.24. The Morgan fingerprint density at radius 2 is 1.85 bits per heavy atom. The average Bonchev–Trinajstić information content (AvgIpc) is 2.58. The highest BCUT2D eigenvalue weighted by Gasteiger charge is 2.31. The van der Waals surface area contributed by atoms with E-state index in [1.807, 2.05) is 39.0 Å². The van der Waals surface area contributed by atoms with Gasteiger partial charge in [-0.15, -0.1) is 0 Å². The molecule has 1 aromatic rings. The second kappa shape index (κ2) is 9.40. The molecule has 0 aromatic heterocycles. The molecule has 1 amide bonds.